The van der Waals surface area contributed by atoms with E-state index in [2.05, 4.69) is 10.3 Å². The normalized spacial score (nSPS) is 11.6. The van der Waals surface area contributed by atoms with Crippen LogP contribution >= 0.6 is 12.2 Å². The minimum Gasteiger partial charge on any atom is -0.461 e. The van der Waals surface area contributed by atoms with Crippen LogP contribution in [0.2, 0.25) is 0 Å². The average molecular weight is 358 g/mol. The first-order valence-electron chi connectivity index (χ1n) is 8.19. The van der Waals surface area contributed by atoms with E-state index in [4.69, 9.17) is 17.0 Å². The van der Waals surface area contributed by atoms with Gasteiger partial charge in [0.05, 0.1) is 17.3 Å². The Bertz CT molecular complexity index is 740. The molecule has 0 aliphatic heterocycles. The molecule has 0 fully saturated rings. The fourth-order valence-corrected chi connectivity index (χ4v) is 2.83. The lowest BCUT2D eigenvalue weighted by Gasteiger charge is -2.18. The van der Waals surface area contributed by atoms with Gasteiger partial charge in [0.1, 0.15) is 11.5 Å². The lowest BCUT2D eigenvalue weighted by atomic mass is 9.94. The first-order valence-corrected chi connectivity index (χ1v) is 8.60. The standard InChI is InChI=1S/C19H22N2O3S/c1-3-24-19(23)17-11-16(12-20-17)21-18(25)15(9-13(2)22)10-14-7-5-4-6-8-14/h4-8,11-12,15,20H,3,9-10H2,1-2H3,(H,21,25). The van der Waals surface area contributed by atoms with Gasteiger partial charge in [0.15, 0.2) is 0 Å². The van der Waals surface area contributed by atoms with Crippen molar-refractivity contribution in [1.82, 2.24) is 4.98 Å². The van der Waals surface area contributed by atoms with E-state index in [0.29, 0.717) is 35.8 Å². The third-order valence-electron chi connectivity index (χ3n) is 3.68. The van der Waals surface area contributed by atoms with Crippen LogP contribution < -0.4 is 5.32 Å². The molecule has 132 valence electrons. The molecule has 0 radical (unpaired) electrons. The molecule has 0 amide bonds. The topological polar surface area (TPSA) is 71.2 Å². The zero-order chi connectivity index (χ0) is 18.2. The maximum Gasteiger partial charge on any atom is 0.354 e. The number of hydrogen-bond acceptors (Lipinski definition) is 4. The van der Waals surface area contributed by atoms with Crippen LogP contribution in [0.5, 0.6) is 0 Å². The maximum absolute atomic E-state index is 11.7. The number of esters is 1. The van der Waals surface area contributed by atoms with E-state index in [1.807, 2.05) is 30.3 Å². The molecule has 1 unspecified atom stereocenters. The van der Waals surface area contributed by atoms with Gasteiger partial charge >= 0.3 is 5.97 Å². The summed E-state index contributed by atoms with van der Waals surface area (Å²) in [7, 11) is 0. The Morgan fingerprint density at radius 3 is 2.64 bits per heavy atom. The van der Waals surface area contributed by atoms with Gasteiger partial charge in [0.2, 0.25) is 0 Å². The van der Waals surface area contributed by atoms with E-state index >= 15 is 0 Å². The van der Waals surface area contributed by atoms with Crippen LogP contribution in [0.4, 0.5) is 5.69 Å². The number of ether oxygens (including phenoxy) is 1. The maximum atomic E-state index is 11.7. The number of hydrogen-bond donors (Lipinski definition) is 2. The zero-order valence-electron chi connectivity index (χ0n) is 14.4. The molecule has 1 heterocycles. The van der Waals surface area contributed by atoms with Crippen molar-refractivity contribution in [3.8, 4) is 0 Å². The number of H-pyrrole nitrogens is 1. The molecule has 0 spiro atoms. The number of carbonyl (C=O) groups is 2. The Labute approximate surface area is 152 Å². The number of benzene rings is 1. The smallest absolute Gasteiger partial charge is 0.354 e. The van der Waals surface area contributed by atoms with Crippen LogP contribution in [-0.2, 0) is 16.0 Å². The number of thiocarbonyl (C=S) groups is 1. The number of anilines is 1. The second-order valence-electron chi connectivity index (χ2n) is 5.80. The third kappa shape index (κ3) is 5.83. The summed E-state index contributed by atoms with van der Waals surface area (Å²) in [6.45, 7) is 3.64. The number of aromatic nitrogens is 1. The number of carbonyl (C=O) groups excluding carboxylic acids is 2. The second kappa shape index (κ2) is 9.13. The molecule has 1 aromatic heterocycles. The van der Waals surface area contributed by atoms with Gasteiger partial charge in [-0.15, -0.1) is 0 Å². The van der Waals surface area contributed by atoms with Crippen LogP contribution in [0.3, 0.4) is 0 Å². The molecule has 1 aromatic carbocycles. The predicted octanol–water partition coefficient (Wildman–Crippen LogP) is 3.77. The summed E-state index contributed by atoms with van der Waals surface area (Å²) in [5, 5.41) is 3.13. The molecule has 0 aliphatic rings. The summed E-state index contributed by atoms with van der Waals surface area (Å²) >= 11 is 5.51. The van der Waals surface area contributed by atoms with Crippen LogP contribution in [0.15, 0.2) is 42.6 Å². The van der Waals surface area contributed by atoms with Crippen molar-refractivity contribution in [2.24, 2.45) is 5.92 Å². The van der Waals surface area contributed by atoms with E-state index in [0.717, 1.165) is 5.56 Å². The van der Waals surface area contributed by atoms with Gasteiger partial charge in [0.25, 0.3) is 0 Å². The molecule has 0 saturated heterocycles. The van der Waals surface area contributed by atoms with Crippen LogP contribution in [0, 0.1) is 5.92 Å². The van der Waals surface area contributed by atoms with Crippen LogP contribution in [0.25, 0.3) is 0 Å². The first kappa shape index (κ1) is 18.9. The first-order chi connectivity index (χ1) is 12.0. The molecule has 5 nitrogen and oxygen atoms in total. The van der Waals surface area contributed by atoms with Gasteiger partial charge in [-0.3, -0.25) is 0 Å². The van der Waals surface area contributed by atoms with Gasteiger partial charge in [-0.05, 0) is 31.9 Å². The zero-order valence-corrected chi connectivity index (χ0v) is 15.2. The van der Waals surface area contributed by atoms with Gasteiger partial charge in [-0.25, -0.2) is 4.79 Å². The summed E-state index contributed by atoms with van der Waals surface area (Å²) in [5.41, 5.74) is 2.16. The fraction of sp³-hybridized carbons (Fsp3) is 0.316. The predicted molar refractivity (Wildman–Crippen MR) is 102 cm³/mol. The molecule has 2 aromatic rings. The van der Waals surface area contributed by atoms with Crippen molar-refractivity contribution in [2.45, 2.75) is 26.7 Å². The Balaban J connectivity index is 2.06. The molecule has 0 aliphatic carbocycles. The number of aromatic amines is 1. The van der Waals surface area contributed by atoms with Crippen molar-refractivity contribution in [3.63, 3.8) is 0 Å². The van der Waals surface area contributed by atoms with Gasteiger partial charge in [-0.1, -0.05) is 42.5 Å². The van der Waals surface area contributed by atoms with Crippen molar-refractivity contribution in [2.75, 3.05) is 11.9 Å². The summed E-state index contributed by atoms with van der Waals surface area (Å²) in [6, 6.07) is 11.6. The van der Waals surface area contributed by atoms with E-state index in [1.54, 1.807) is 26.1 Å². The second-order valence-corrected chi connectivity index (χ2v) is 6.24. The Hall–Kier alpha value is -2.47. The molecule has 0 bridgehead atoms. The summed E-state index contributed by atoms with van der Waals surface area (Å²) in [4.78, 5) is 26.8. The highest BCUT2D eigenvalue weighted by Gasteiger charge is 2.19. The quantitative estimate of drug-likeness (QED) is 0.555. The summed E-state index contributed by atoms with van der Waals surface area (Å²) in [5.74, 6) is -0.423. The minimum absolute atomic E-state index is 0.0892. The SMILES string of the molecule is CCOC(=O)c1cc(NC(=S)C(CC(C)=O)Cc2ccccc2)c[nH]1. The number of Topliss-reactive ketones (excluding diaryl/α,β-unsaturated/α-hetero) is 1. The molecule has 2 N–H and O–H groups in total. The minimum atomic E-state index is -0.411. The number of ketones is 1. The molecule has 2 rings (SSSR count). The molecular weight excluding hydrogens is 336 g/mol. The molecule has 25 heavy (non-hydrogen) atoms. The summed E-state index contributed by atoms with van der Waals surface area (Å²) in [6.07, 6.45) is 2.71. The summed E-state index contributed by atoms with van der Waals surface area (Å²) < 4.78 is 4.95. The Morgan fingerprint density at radius 1 is 1.28 bits per heavy atom. The molecule has 6 heteroatoms. The van der Waals surface area contributed by atoms with Crippen molar-refractivity contribution >= 4 is 34.6 Å². The van der Waals surface area contributed by atoms with E-state index in [-0.39, 0.29) is 11.7 Å². The van der Waals surface area contributed by atoms with Crippen molar-refractivity contribution in [3.05, 3.63) is 53.9 Å². The third-order valence-corrected chi connectivity index (χ3v) is 4.11. The number of nitrogens with one attached hydrogen (secondary N) is 2. The monoisotopic (exact) mass is 358 g/mol. The highest BCUT2D eigenvalue weighted by molar-refractivity contribution is 7.80. The lowest BCUT2D eigenvalue weighted by Crippen LogP contribution is -2.24. The highest BCUT2D eigenvalue weighted by atomic mass is 32.1. The molecule has 1 atom stereocenters. The van der Waals surface area contributed by atoms with E-state index < -0.39 is 5.97 Å². The lowest BCUT2D eigenvalue weighted by molar-refractivity contribution is -0.117. The van der Waals surface area contributed by atoms with Gasteiger partial charge in [-0.2, -0.15) is 0 Å². The van der Waals surface area contributed by atoms with E-state index in [1.165, 1.54) is 0 Å². The fourth-order valence-electron chi connectivity index (χ4n) is 2.54. The largest absolute Gasteiger partial charge is 0.461 e. The van der Waals surface area contributed by atoms with E-state index in [9.17, 15) is 9.59 Å². The Kier molecular flexibility index (Phi) is 6.89. The van der Waals surface area contributed by atoms with Gasteiger partial charge < -0.3 is 19.8 Å². The van der Waals surface area contributed by atoms with Crippen molar-refractivity contribution in [1.29, 1.82) is 0 Å². The van der Waals surface area contributed by atoms with Crippen LogP contribution in [0.1, 0.15) is 36.3 Å². The highest BCUT2D eigenvalue weighted by Crippen LogP contribution is 2.18. The molecular formula is C19H22N2O3S. The van der Waals surface area contributed by atoms with Crippen molar-refractivity contribution < 1.29 is 14.3 Å². The number of rotatable bonds is 8. The van der Waals surface area contributed by atoms with Crippen LogP contribution in [-0.4, -0.2) is 28.3 Å². The van der Waals surface area contributed by atoms with Gasteiger partial charge in [0, 0.05) is 18.5 Å². The average Bonchev–Trinajstić information content (AvgIpc) is 3.03. The Morgan fingerprint density at radius 2 is 2.00 bits per heavy atom. The molecule has 0 saturated carbocycles.